The number of halogens is 1. The van der Waals surface area contributed by atoms with Crippen LogP contribution in [-0.2, 0) is 15.4 Å². The first-order valence-corrected chi connectivity index (χ1v) is 9.06. The van der Waals surface area contributed by atoms with Crippen LogP contribution in [0.4, 0.5) is 0 Å². The van der Waals surface area contributed by atoms with Crippen LogP contribution in [0.5, 0.6) is 0 Å². The summed E-state index contributed by atoms with van der Waals surface area (Å²) in [4.78, 5) is 0.315. The monoisotopic (exact) mass is 337 g/mol. The van der Waals surface area contributed by atoms with Gasteiger partial charge in [-0.2, -0.15) is 11.8 Å². The minimum atomic E-state index is -3.37. The van der Waals surface area contributed by atoms with Crippen LogP contribution in [0.2, 0.25) is 0 Å². The number of thioether (sulfide) groups is 1. The molecule has 0 aliphatic heterocycles. The van der Waals surface area contributed by atoms with E-state index in [0.29, 0.717) is 11.4 Å². The zero-order valence-corrected chi connectivity index (χ0v) is 13.0. The highest BCUT2D eigenvalue weighted by Gasteiger charge is 2.14. The molecule has 17 heavy (non-hydrogen) atoms. The summed E-state index contributed by atoms with van der Waals surface area (Å²) in [5, 5.41) is 0.996. The summed E-state index contributed by atoms with van der Waals surface area (Å²) in [6, 6.07) is 6.87. The van der Waals surface area contributed by atoms with Crippen molar-refractivity contribution in [1.29, 1.82) is 0 Å². The van der Waals surface area contributed by atoms with Gasteiger partial charge in [0, 0.05) is 17.1 Å². The highest BCUT2D eigenvalue weighted by molar-refractivity contribution is 9.08. The molecule has 0 saturated heterocycles. The van der Waals surface area contributed by atoms with Gasteiger partial charge in [-0.05, 0) is 24.0 Å². The third-order valence-electron chi connectivity index (χ3n) is 2.35. The molecule has 1 aromatic rings. The number of rotatable bonds is 6. The molecule has 6 heteroatoms. The molecule has 0 aromatic heterocycles. The maximum Gasteiger partial charge on any atom is 0.240 e. The minimum Gasteiger partial charge on any atom is -0.210 e. The van der Waals surface area contributed by atoms with Gasteiger partial charge in [-0.3, -0.25) is 0 Å². The lowest BCUT2D eigenvalue weighted by atomic mass is 10.2. The summed E-state index contributed by atoms with van der Waals surface area (Å²) in [6.07, 6.45) is 1.96. The predicted molar refractivity (Wildman–Crippen MR) is 77.2 cm³/mol. The van der Waals surface area contributed by atoms with Crippen molar-refractivity contribution in [2.75, 3.05) is 12.8 Å². The Balaban J connectivity index is 2.75. The molecule has 96 valence electrons. The maximum atomic E-state index is 11.9. The number of sulfonamides is 1. The van der Waals surface area contributed by atoms with Crippen molar-refractivity contribution in [3.05, 3.63) is 29.8 Å². The zero-order chi connectivity index (χ0) is 12.9. The van der Waals surface area contributed by atoms with E-state index in [9.17, 15) is 8.42 Å². The molecule has 0 aliphatic rings. The van der Waals surface area contributed by atoms with E-state index < -0.39 is 10.0 Å². The van der Waals surface area contributed by atoms with Crippen molar-refractivity contribution < 1.29 is 8.42 Å². The van der Waals surface area contributed by atoms with Gasteiger partial charge in [0.25, 0.3) is 0 Å². The van der Waals surface area contributed by atoms with Gasteiger partial charge in [0.1, 0.15) is 0 Å². The van der Waals surface area contributed by atoms with Crippen molar-refractivity contribution in [2.45, 2.75) is 22.4 Å². The molecule has 0 fully saturated rings. The molecule has 0 saturated carbocycles. The summed E-state index contributed by atoms with van der Waals surface area (Å²) in [7, 11) is -3.37. The molecular weight excluding hydrogens is 322 g/mol. The lowest BCUT2D eigenvalue weighted by molar-refractivity contribution is 0.581. The fraction of sp³-hybridized carbons (Fsp3) is 0.455. The van der Waals surface area contributed by atoms with Crippen LogP contribution < -0.4 is 4.72 Å². The third kappa shape index (κ3) is 4.62. The minimum absolute atomic E-state index is 0.270. The number of hydrogen-bond acceptors (Lipinski definition) is 3. The van der Waals surface area contributed by atoms with Crippen LogP contribution in [0, 0.1) is 0 Å². The van der Waals surface area contributed by atoms with E-state index in [1.54, 1.807) is 36.0 Å². The van der Waals surface area contributed by atoms with E-state index in [0.717, 1.165) is 10.9 Å². The highest BCUT2D eigenvalue weighted by atomic mass is 79.9. The van der Waals surface area contributed by atoms with Gasteiger partial charge in [-0.15, -0.1) is 0 Å². The molecule has 1 aromatic carbocycles. The Morgan fingerprint density at radius 1 is 1.35 bits per heavy atom. The van der Waals surface area contributed by atoms with Crippen LogP contribution in [0.1, 0.15) is 12.5 Å². The van der Waals surface area contributed by atoms with Gasteiger partial charge >= 0.3 is 0 Å². The Hall–Kier alpha value is -0.0400. The third-order valence-corrected chi connectivity index (χ3v) is 5.41. The highest BCUT2D eigenvalue weighted by Crippen LogP contribution is 2.13. The number of nitrogens with one attached hydrogen (secondary N) is 1. The standard InChI is InChI=1S/C11H16BrNO2S2/c1-9(16-2)8-13-17(14,15)11-5-3-10(7-12)4-6-11/h3-6,9,13H,7-8H2,1-2H3. The van der Waals surface area contributed by atoms with Gasteiger partial charge in [-0.1, -0.05) is 35.0 Å². The Morgan fingerprint density at radius 2 is 1.94 bits per heavy atom. The van der Waals surface area contributed by atoms with Gasteiger partial charge in [-0.25, -0.2) is 13.1 Å². The quantitative estimate of drug-likeness (QED) is 0.811. The average molecular weight is 338 g/mol. The molecule has 1 rings (SSSR count). The average Bonchev–Trinajstić information content (AvgIpc) is 2.36. The van der Waals surface area contributed by atoms with Gasteiger partial charge in [0.2, 0.25) is 10.0 Å². The normalized spacial score (nSPS) is 13.6. The maximum absolute atomic E-state index is 11.9. The largest absolute Gasteiger partial charge is 0.240 e. The Labute approximate surface area is 116 Å². The molecular formula is C11H16BrNO2S2. The van der Waals surface area contributed by atoms with Gasteiger partial charge in [0.05, 0.1) is 4.90 Å². The van der Waals surface area contributed by atoms with Crippen LogP contribution >= 0.6 is 27.7 Å². The lowest BCUT2D eigenvalue weighted by Gasteiger charge is -2.10. The molecule has 0 heterocycles. The Bertz CT molecular complexity index is 445. The van der Waals surface area contributed by atoms with Crippen molar-refractivity contribution >= 4 is 37.7 Å². The molecule has 0 aliphatic carbocycles. The smallest absolute Gasteiger partial charge is 0.210 e. The van der Waals surface area contributed by atoms with Gasteiger partial charge < -0.3 is 0 Å². The summed E-state index contributed by atoms with van der Waals surface area (Å²) >= 11 is 4.96. The predicted octanol–water partition coefficient (Wildman–Crippen LogP) is 2.61. The Kier molecular flexibility index (Phi) is 5.99. The van der Waals surface area contributed by atoms with Crippen molar-refractivity contribution in [2.24, 2.45) is 0 Å². The molecule has 1 unspecified atom stereocenters. The SMILES string of the molecule is CSC(C)CNS(=O)(=O)c1ccc(CBr)cc1. The Morgan fingerprint density at radius 3 is 2.41 bits per heavy atom. The molecule has 1 atom stereocenters. The number of alkyl halides is 1. The van der Waals surface area contributed by atoms with E-state index in [2.05, 4.69) is 20.7 Å². The second-order valence-electron chi connectivity index (χ2n) is 3.68. The van der Waals surface area contributed by atoms with Crippen LogP contribution in [-0.4, -0.2) is 26.5 Å². The van der Waals surface area contributed by atoms with Crippen LogP contribution in [0.25, 0.3) is 0 Å². The van der Waals surface area contributed by atoms with E-state index >= 15 is 0 Å². The molecule has 3 nitrogen and oxygen atoms in total. The fourth-order valence-corrected chi connectivity index (χ4v) is 3.01. The topological polar surface area (TPSA) is 46.2 Å². The van der Waals surface area contributed by atoms with Gasteiger partial charge in [0.15, 0.2) is 0 Å². The molecule has 1 N–H and O–H groups in total. The second-order valence-corrected chi connectivity index (χ2v) is 7.28. The first kappa shape index (κ1) is 15.0. The molecule has 0 bridgehead atoms. The fourth-order valence-electron chi connectivity index (χ4n) is 1.15. The van der Waals surface area contributed by atoms with E-state index in [1.165, 1.54) is 0 Å². The second kappa shape index (κ2) is 6.78. The lowest BCUT2D eigenvalue weighted by Crippen LogP contribution is -2.29. The number of hydrogen-bond donors (Lipinski definition) is 1. The summed E-state index contributed by atoms with van der Waals surface area (Å²) in [5.41, 5.74) is 1.06. The first-order valence-electron chi connectivity index (χ1n) is 5.17. The van der Waals surface area contributed by atoms with Crippen LogP contribution in [0.15, 0.2) is 29.2 Å². The summed E-state index contributed by atoms with van der Waals surface area (Å²) in [5.74, 6) is 0. The van der Waals surface area contributed by atoms with Crippen molar-refractivity contribution in [1.82, 2.24) is 4.72 Å². The summed E-state index contributed by atoms with van der Waals surface area (Å²) < 4.78 is 26.4. The molecule has 0 spiro atoms. The summed E-state index contributed by atoms with van der Waals surface area (Å²) in [6.45, 7) is 2.44. The van der Waals surface area contributed by atoms with E-state index in [1.807, 2.05) is 13.2 Å². The molecule has 0 amide bonds. The molecule has 0 radical (unpaired) electrons. The van der Waals surface area contributed by atoms with E-state index in [-0.39, 0.29) is 5.25 Å². The van der Waals surface area contributed by atoms with Crippen molar-refractivity contribution in [3.8, 4) is 0 Å². The van der Waals surface area contributed by atoms with Crippen LogP contribution in [0.3, 0.4) is 0 Å². The zero-order valence-electron chi connectivity index (χ0n) is 9.81. The first-order chi connectivity index (χ1) is 7.99. The van der Waals surface area contributed by atoms with Crippen molar-refractivity contribution in [3.63, 3.8) is 0 Å². The van der Waals surface area contributed by atoms with E-state index in [4.69, 9.17) is 0 Å². The number of benzene rings is 1.